The molecule has 0 saturated heterocycles. The third-order valence-corrected chi connectivity index (χ3v) is 6.33. The van der Waals surface area contributed by atoms with Gasteiger partial charge in [0.05, 0.1) is 6.54 Å². The molecule has 0 bridgehead atoms. The van der Waals surface area contributed by atoms with Crippen LogP contribution in [0, 0.1) is 13.8 Å². The molecule has 142 valence electrons. The van der Waals surface area contributed by atoms with E-state index in [2.05, 4.69) is 61.9 Å². The van der Waals surface area contributed by atoms with Gasteiger partial charge in [-0.05, 0) is 55.7 Å². The summed E-state index contributed by atoms with van der Waals surface area (Å²) in [6.07, 6.45) is 6.37. The van der Waals surface area contributed by atoms with E-state index in [1.165, 1.54) is 10.4 Å². The maximum atomic E-state index is 12.9. The van der Waals surface area contributed by atoms with Gasteiger partial charge in [0.2, 0.25) is 12.3 Å². The average molecular weight is 382 g/mol. The fraction of sp³-hybridized carbons (Fsp3) is 0.391. The van der Waals surface area contributed by atoms with Crippen LogP contribution in [0.15, 0.2) is 48.1 Å². The number of carbonyl (C=O) groups excluding carboxylic acids is 1. The Morgan fingerprint density at radius 2 is 1.85 bits per heavy atom. The monoisotopic (exact) mass is 381 g/mol. The highest BCUT2D eigenvalue weighted by molar-refractivity contribution is 7.09. The molecule has 3 nitrogen and oxygen atoms in total. The Labute approximate surface area is 166 Å². The van der Waals surface area contributed by atoms with Crippen LogP contribution in [0.4, 0.5) is 0 Å². The summed E-state index contributed by atoms with van der Waals surface area (Å²) >= 11 is 1.75. The first-order valence-electron chi connectivity index (χ1n) is 9.74. The van der Waals surface area contributed by atoms with Crippen LogP contribution in [0.5, 0.6) is 0 Å². The van der Waals surface area contributed by atoms with Gasteiger partial charge in [0, 0.05) is 34.0 Å². The normalized spacial score (nSPS) is 11.3. The van der Waals surface area contributed by atoms with Crippen LogP contribution in [0.1, 0.15) is 64.8 Å². The number of rotatable bonds is 8. The number of ketones is 1. The lowest BCUT2D eigenvalue weighted by Gasteiger charge is -2.11. The first-order valence-corrected chi connectivity index (χ1v) is 10.6. The van der Waals surface area contributed by atoms with Gasteiger partial charge in [-0.2, -0.15) is 4.57 Å². The Hall–Kier alpha value is -2.20. The molecule has 3 aromatic heterocycles. The number of Topliss-reactive ketones (excluding diaryl/α,β-unsaturated/α-hetero) is 1. The number of hydrogen-bond acceptors (Lipinski definition) is 2. The Kier molecular flexibility index (Phi) is 6.27. The van der Waals surface area contributed by atoms with E-state index in [0.717, 1.165) is 36.3 Å². The SMILES string of the molecule is CCC(CC)c1cc[n+](CC(=O)c2cc(C)n(Cc3cccs3)c2C)cc1. The minimum Gasteiger partial charge on any atom is -0.343 e. The highest BCUT2D eigenvalue weighted by Crippen LogP contribution is 2.22. The zero-order valence-electron chi connectivity index (χ0n) is 16.7. The highest BCUT2D eigenvalue weighted by Gasteiger charge is 2.19. The fourth-order valence-electron chi connectivity index (χ4n) is 3.74. The van der Waals surface area contributed by atoms with Crippen molar-refractivity contribution >= 4 is 17.1 Å². The Bertz CT molecular complexity index is 887. The molecular weight excluding hydrogens is 352 g/mol. The summed E-state index contributed by atoms with van der Waals surface area (Å²) in [5, 5.41) is 2.09. The second-order valence-electron chi connectivity index (χ2n) is 7.19. The molecule has 0 saturated carbocycles. The van der Waals surface area contributed by atoms with Gasteiger partial charge in [-0.1, -0.05) is 19.9 Å². The molecule has 4 heteroatoms. The first kappa shape index (κ1) is 19.6. The van der Waals surface area contributed by atoms with Crippen molar-refractivity contribution in [1.29, 1.82) is 0 Å². The van der Waals surface area contributed by atoms with Crippen LogP contribution >= 0.6 is 11.3 Å². The van der Waals surface area contributed by atoms with E-state index in [0.29, 0.717) is 12.5 Å². The van der Waals surface area contributed by atoms with E-state index in [1.54, 1.807) is 11.3 Å². The zero-order chi connectivity index (χ0) is 19.4. The van der Waals surface area contributed by atoms with Gasteiger partial charge >= 0.3 is 0 Å². The smallest absolute Gasteiger partial charge is 0.229 e. The summed E-state index contributed by atoms with van der Waals surface area (Å²) in [6, 6.07) is 10.6. The number of nitrogens with zero attached hydrogens (tertiary/aromatic N) is 2. The lowest BCUT2D eigenvalue weighted by molar-refractivity contribution is -0.683. The van der Waals surface area contributed by atoms with Crippen LogP contribution in [0.2, 0.25) is 0 Å². The third-order valence-electron chi connectivity index (χ3n) is 5.47. The van der Waals surface area contributed by atoms with E-state index in [1.807, 2.05) is 23.0 Å². The van der Waals surface area contributed by atoms with E-state index in [9.17, 15) is 4.79 Å². The number of aryl methyl sites for hydroxylation is 1. The van der Waals surface area contributed by atoms with Crippen molar-refractivity contribution in [1.82, 2.24) is 4.57 Å². The molecule has 0 aliphatic rings. The predicted molar refractivity (Wildman–Crippen MR) is 112 cm³/mol. The zero-order valence-corrected chi connectivity index (χ0v) is 17.6. The maximum Gasteiger partial charge on any atom is 0.229 e. The molecule has 0 fully saturated rings. The minimum absolute atomic E-state index is 0.167. The topological polar surface area (TPSA) is 25.9 Å². The lowest BCUT2D eigenvalue weighted by Crippen LogP contribution is -2.37. The Morgan fingerprint density at radius 1 is 1.15 bits per heavy atom. The van der Waals surface area contributed by atoms with Gasteiger partial charge in [-0.25, -0.2) is 0 Å². The van der Waals surface area contributed by atoms with Gasteiger partial charge < -0.3 is 4.57 Å². The van der Waals surface area contributed by atoms with Crippen molar-refractivity contribution in [2.45, 2.75) is 59.5 Å². The summed E-state index contributed by atoms with van der Waals surface area (Å²) in [4.78, 5) is 14.2. The van der Waals surface area contributed by atoms with E-state index < -0.39 is 0 Å². The van der Waals surface area contributed by atoms with Gasteiger partial charge in [0.25, 0.3) is 0 Å². The molecule has 3 aromatic rings. The standard InChI is InChI=1S/C23H29N2OS/c1-5-19(6-2)20-9-11-24(12-10-20)16-23(26)22-14-17(3)25(18(22)4)15-21-8-7-13-27-21/h7-14,19H,5-6,15-16H2,1-4H3/q+1. The largest absolute Gasteiger partial charge is 0.343 e. The van der Waals surface area contributed by atoms with E-state index >= 15 is 0 Å². The van der Waals surface area contributed by atoms with Crippen molar-refractivity contribution in [2.75, 3.05) is 0 Å². The average Bonchev–Trinajstić information content (AvgIpc) is 3.28. The summed E-state index contributed by atoms with van der Waals surface area (Å²) in [5.41, 5.74) is 4.39. The highest BCUT2D eigenvalue weighted by atomic mass is 32.1. The van der Waals surface area contributed by atoms with Crippen LogP contribution in [-0.2, 0) is 13.1 Å². The lowest BCUT2D eigenvalue weighted by atomic mass is 9.95. The van der Waals surface area contributed by atoms with Crippen LogP contribution in [0.3, 0.4) is 0 Å². The minimum atomic E-state index is 0.167. The Morgan fingerprint density at radius 3 is 2.44 bits per heavy atom. The summed E-state index contributed by atoms with van der Waals surface area (Å²) in [7, 11) is 0. The number of carbonyl (C=O) groups is 1. The van der Waals surface area contributed by atoms with Crippen LogP contribution in [-0.4, -0.2) is 10.4 Å². The molecule has 27 heavy (non-hydrogen) atoms. The molecule has 0 atom stereocenters. The molecule has 0 spiro atoms. The number of thiophene rings is 1. The molecule has 0 aliphatic carbocycles. The molecule has 0 amide bonds. The van der Waals surface area contributed by atoms with Crippen molar-refractivity contribution in [2.24, 2.45) is 0 Å². The predicted octanol–water partition coefficient (Wildman–Crippen LogP) is 5.29. The van der Waals surface area contributed by atoms with Gasteiger partial charge in [-0.3, -0.25) is 4.79 Å². The van der Waals surface area contributed by atoms with Gasteiger partial charge in [0.1, 0.15) is 0 Å². The fourth-order valence-corrected chi connectivity index (χ4v) is 4.44. The molecule has 0 aliphatic heterocycles. The van der Waals surface area contributed by atoms with Crippen molar-refractivity contribution in [3.05, 3.63) is 75.5 Å². The Balaban J connectivity index is 1.74. The summed E-state index contributed by atoms with van der Waals surface area (Å²) in [6.45, 7) is 9.80. The van der Waals surface area contributed by atoms with Crippen LogP contribution < -0.4 is 4.57 Å². The maximum absolute atomic E-state index is 12.9. The molecule has 3 heterocycles. The second kappa shape index (κ2) is 8.66. The molecule has 0 unspecified atom stereocenters. The molecule has 0 aromatic carbocycles. The second-order valence-corrected chi connectivity index (χ2v) is 8.22. The van der Waals surface area contributed by atoms with Gasteiger partial charge in [0.15, 0.2) is 12.4 Å². The molecular formula is C23H29N2OS+. The number of hydrogen-bond donors (Lipinski definition) is 0. The van der Waals surface area contributed by atoms with Crippen molar-refractivity contribution in [3.63, 3.8) is 0 Å². The molecule has 3 rings (SSSR count). The first-order chi connectivity index (χ1) is 13.0. The van der Waals surface area contributed by atoms with Crippen LogP contribution in [0.25, 0.3) is 0 Å². The number of aromatic nitrogens is 2. The van der Waals surface area contributed by atoms with Gasteiger partial charge in [-0.15, -0.1) is 11.3 Å². The third kappa shape index (κ3) is 4.38. The van der Waals surface area contributed by atoms with Crippen molar-refractivity contribution in [3.8, 4) is 0 Å². The summed E-state index contributed by atoms with van der Waals surface area (Å²) < 4.78 is 4.22. The van der Waals surface area contributed by atoms with E-state index in [-0.39, 0.29) is 5.78 Å². The quantitative estimate of drug-likeness (QED) is 0.385. The van der Waals surface area contributed by atoms with Crippen molar-refractivity contribution < 1.29 is 9.36 Å². The van der Waals surface area contributed by atoms with E-state index in [4.69, 9.17) is 0 Å². The molecule has 0 N–H and O–H groups in total. The molecule has 0 radical (unpaired) electrons. The number of pyridine rings is 1. The summed E-state index contributed by atoms with van der Waals surface area (Å²) in [5.74, 6) is 0.771.